The Bertz CT molecular complexity index is 1190. The number of piperazine rings is 1. The van der Waals surface area contributed by atoms with Crippen molar-refractivity contribution >= 4 is 17.5 Å². The maximum Gasteiger partial charge on any atom is 0.225 e. The van der Waals surface area contributed by atoms with Crippen LogP contribution in [0.25, 0.3) is 0 Å². The number of aromatic nitrogens is 3. The summed E-state index contributed by atoms with van der Waals surface area (Å²) in [6.07, 6.45) is 2.92. The average Bonchev–Trinajstić information content (AvgIpc) is 2.88. The van der Waals surface area contributed by atoms with E-state index in [-0.39, 0.29) is 11.7 Å². The lowest BCUT2D eigenvalue weighted by molar-refractivity contribution is 0.0961. The molecule has 0 N–H and O–H groups in total. The fraction of sp³-hybridized carbons (Fsp3) is 0.385. The minimum absolute atomic E-state index is 0.00371. The molecular weight excluding hydrogens is 430 g/mol. The number of fused-ring (bicyclic) bond motifs is 1. The van der Waals surface area contributed by atoms with Crippen LogP contribution in [0.5, 0.6) is 11.5 Å². The van der Waals surface area contributed by atoms with Crippen molar-refractivity contribution in [2.75, 3.05) is 50.2 Å². The van der Waals surface area contributed by atoms with Gasteiger partial charge in [0.25, 0.3) is 0 Å². The summed E-state index contributed by atoms with van der Waals surface area (Å²) in [4.78, 5) is 31.7. The molecule has 1 fully saturated rings. The SMILES string of the molecule is COc1ccc(C2CC(=O)c3c(C)nc(N4CCN(c5ccccn5)CC4)nc3C2)c(OC)c1. The Morgan fingerprint density at radius 2 is 1.74 bits per heavy atom. The number of methoxy groups -OCH3 is 2. The molecular formula is C26H29N5O3. The molecule has 0 saturated carbocycles. The Balaban J connectivity index is 1.38. The zero-order chi connectivity index (χ0) is 23.7. The maximum atomic E-state index is 13.1. The molecule has 176 valence electrons. The lowest BCUT2D eigenvalue weighted by Crippen LogP contribution is -2.47. The first-order chi connectivity index (χ1) is 16.6. The Morgan fingerprint density at radius 3 is 2.44 bits per heavy atom. The fourth-order valence-electron chi connectivity index (χ4n) is 4.95. The summed E-state index contributed by atoms with van der Waals surface area (Å²) in [6.45, 7) is 5.22. The van der Waals surface area contributed by atoms with E-state index < -0.39 is 0 Å². The molecule has 3 aromatic rings. The van der Waals surface area contributed by atoms with E-state index in [1.165, 1.54) is 0 Å². The molecule has 1 aliphatic heterocycles. The smallest absolute Gasteiger partial charge is 0.225 e. The number of pyridine rings is 1. The van der Waals surface area contributed by atoms with E-state index in [0.29, 0.717) is 24.4 Å². The van der Waals surface area contributed by atoms with Gasteiger partial charge in [0.05, 0.1) is 31.2 Å². The molecule has 0 amide bonds. The molecule has 8 nitrogen and oxygen atoms in total. The first kappa shape index (κ1) is 22.1. The number of ketones is 1. The highest BCUT2D eigenvalue weighted by molar-refractivity contribution is 5.99. The van der Waals surface area contributed by atoms with Gasteiger partial charge in [0, 0.05) is 50.8 Å². The summed E-state index contributed by atoms with van der Waals surface area (Å²) in [5.74, 6) is 3.25. The van der Waals surface area contributed by atoms with Gasteiger partial charge in [0.1, 0.15) is 17.3 Å². The predicted molar refractivity (Wildman–Crippen MR) is 130 cm³/mol. The van der Waals surface area contributed by atoms with Crippen molar-refractivity contribution in [2.45, 2.75) is 25.7 Å². The number of hydrogen-bond donors (Lipinski definition) is 0. The van der Waals surface area contributed by atoms with Crippen LogP contribution < -0.4 is 19.3 Å². The van der Waals surface area contributed by atoms with E-state index in [1.807, 2.05) is 49.5 Å². The molecule has 5 rings (SSSR count). The molecule has 2 aromatic heterocycles. The minimum Gasteiger partial charge on any atom is -0.497 e. The van der Waals surface area contributed by atoms with Gasteiger partial charge in [-0.1, -0.05) is 12.1 Å². The molecule has 1 atom stereocenters. The fourth-order valence-corrected chi connectivity index (χ4v) is 4.95. The summed E-state index contributed by atoms with van der Waals surface area (Å²) in [5.41, 5.74) is 3.27. The van der Waals surface area contributed by atoms with E-state index in [1.54, 1.807) is 14.2 Å². The summed E-state index contributed by atoms with van der Waals surface area (Å²) >= 11 is 0. The van der Waals surface area contributed by atoms with E-state index in [4.69, 9.17) is 19.4 Å². The van der Waals surface area contributed by atoms with Crippen LogP contribution in [0.4, 0.5) is 11.8 Å². The van der Waals surface area contributed by atoms with Crippen molar-refractivity contribution in [1.29, 1.82) is 0 Å². The van der Waals surface area contributed by atoms with Gasteiger partial charge in [0.15, 0.2) is 5.78 Å². The largest absolute Gasteiger partial charge is 0.497 e. The number of nitrogens with zero attached hydrogens (tertiary/aromatic N) is 5. The Kier molecular flexibility index (Phi) is 6.04. The lowest BCUT2D eigenvalue weighted by Gasteiger charge is -2.36. The van der Waals surface area contributed by atoms with Gasteiger partial charge in [-0.15, -0.1) is 0 Å². The number of benzene rings is 1. The standard InChI is InChI=1S/C26H29N5O3/c1-17-25-21(14-18(15-22(25)32)20-8-7-19(33-2)16-23(20)34-3)29-26(28-17)31-12-10-30(11-13-31)24-6-4-5-9-27-24/h4-9,16,18H,10-15H2,1-3H3. The van der Waals surface area contributed by atoms with Crippen LogP contribution in [0.2, 0.25) is 0 Å². The Morgan fingerprint density at radius 1 is 0.941 bits per heavy atom. The van der Waals surface area contributed by atoms with Crippen LogP contribution in [-0.4, -0.2) is 61.1 Å². The van der Waals surface area contributed by atoms with Crippen molar-refractivity contribution in [3.8, 4) is 11.5 Å². The molecule has 1 unspecified atom stereocenters. The molecule has 0 radical (unpaired) electrons. The zero-order valence-electron chi connectivity index (χ0n) is 19.8. The topological polar surface area (TPSA) is 80.7 Å². The van der Waals surface area contributed by atoms with Crippen molar-refractivity contribution in [2.24, 2.45) is 0 Å². The van der Waals surface area contributed by atoms with E-state index in [9.17, 15) is 4.79 Å². The first-order valence-electron chi connectivity index (χ1n) is 11.6. The third kappa shape index (κ3) is 4.16. The number of anilines is 2. The molecule has 1 aromatic carbocycles. The zero-order valence-corrected chi connectivity index (χ0v) is 19.8. The highest BCUT2D eigenvalue weighted by atomic mass is 16.5. The summed E-state index contributed by atoms with van der Waals surface area (Å²) in [7, 11) is 3.28. The van der Waals surface area contributed by atoms with Gasteiger partial charge in [-0.3, -0.25) is 4.79 Å². The van der Waals surface area contributed by atoms with Crippen molar-refractivity contribution in [1.82, 2.24) is 15.0 Å². The van der Waals surface area contributed by atoms with Gasteiger partial charge in [0.2, 0.25) is 5.95 Å². The predicted octanol–water partition coefficient (Wildman–Crippen LogP) is 3.44. The van der Waals surface area contributed by atoms with Crippen molar-refractivity contribution < 1.29 is 14.3 Å². The Hall–Kier alpha value is -3.68. The monoisotopic (exact) mass is 459 g/mol. The highest BCUT2D eigenvalue weighted by Gasteiger charge is 2.32. The second kappa shape index (κ2) is 9.29. The summed E-state index contributed by atoms with van der Waals surface area (Å²) < 4.78 is 10.9. The van der Waals surface area contributed by atoms with Crippen LogP contribution in [0, 0.1) is 6.92 Å². The minimum atomic E-state index is 0.00371. The number of ether oxygens (including phenoxy) is 2. The number of aryl methyl sites for hydroxylation is 1. The molecule has 8 heteroatoms. The first-order valence-corrected chi connectivity index (χ1v) is 11.6. The molecule has 1 aliphatic carbocycles. The Labute approximate surface area is 199 Å². The molecule has 3 heterocycles. The second-order valence-corrected chi connectivity index (χ2v) is 8.73. The third-order valence-electron chi connectivity index (χ3n) is 6.72. The van der Waals surface area contributed by atoms with Gasteiger partial charge in [-0.2, -0.15) is 0 Å². The van der Waals surface area contributed by atoms with Gasteiger partial charge in [-0.05, 0) is 37.1 Å². The highest BCUT2D eigenvalue weighted by Crippen LogP contribution is 2.39. The number of carbonyl (C=O) groups is 1. The molecule has 0 bridgehead atoms. The molecule has 34 heavy (non-hydrogen) atoms. The van der Waals surface area contributed by atoms with Crippen molar-refractivity contribution in [3.63, 3.8) is 0 Å². The number of rotatable bonds is 5. The van der Waals surface area contributed by atoms with Crippen LogP contribution >= 0.6 is 0 Å². The van der Waals surface area contributed by atoms with Gasteiger partial charge >= 0.3 is 0 Å². The molecule has 2 aliphatic rings. The lowest BCUT2D eigenvalue weighted by atomic mass is 9.81. The van der Waals surface area contributed by atoms with Gasteiger partial charge in [-0.25, -0.2) is 15.0 Å². The quantitative estimate of drug-likeness (QED) is 0.574. The van der Waals surface area contributed by atoms with Gasteiger partial charge < -0.3 is 19.3 Å². The summed E-state index contributed by atoms with van der Waals surface area (Å²) in [6, 6.07) is 11.7. The van der Waals surface area contributed by atoms with Crippen LogP contribution in [0.3, 0.4) is 0 Å². The normalized spacial score (nSPS) is 18.0. The number of hydrogen-bond acceptors (Lipinski definition) is 8. The maximum absolute atomic E-state index is 13.1. The van der Waals surface area contributed by atoms with E-state index in [2.05, 4.69) is 14.8 Å². The molecule has 0 spiro atoms. The average molecular weight is 460 g/mol. The van der Waals surface area contributed by atoms with Crippen LogP contribution in [0.1, 0.15) is 39.6 Å². The van der Waals surface area contributed by atoms with E-state index in [0.717, 1.165) is 60.4 Å². The molecule has 1 saturated heterocycles. The third-order valence-corrected chi connectivity index (χ3v) is 6.72. The summed E-state index contributed by atoms with van der Waals surface area (Å²) in [5, 5.41) is 0. The number of carbonyl (C=O) groups excluding carboxylic acids is 1. The van der Waals surface area contributed by atoms with E-state index >= 15 is 0 Å². The van der Waals surface area contributed by atoms with Crippen LogP contribution in [0.15, 0.2) is 42.6 Å². The van der Waals surface area contributed by atoms with Crippen molar-refractivity contribution in [3.05, 3.63) is 65.1 Å². The number of Topliss-reactive ketones (excluding diaryl/α,β-unsaturated/α-hetero) is 1. The second-order valence-electron chi connectivity index (χ2n) is 8.73. The van der Waals surface area contributed by atoms with Crippen LogP contribution in [-0.2, 0) is 6.42 Å².